The molecule has 25 heavy (non-hydrogen) atoms. The van der Waals surface area contributed by atoms with E-state index in [0.717, 1.165) is 11.3 Å². The molecule has 0 bridgehead atoms. The number of methoxy groups -OCH3 is 3. The van der Waals surface area contributed by atoms with Crippen molar-refractivity contribution in [3.63, 3.8) is 0 Å². The van der Waals surface area contributed by atoms with Gasteiger partial charge in [0.2, 0.25) is 5.75 Å². The van der Waals surface area contributed by atoms with Crippen molar-refractivity contribution in [3.8, 4) is 17.2 Å². The number of carbonyl (C=O) groups is 1. The number of rotatable bonds is 5. The van der Waals surface area contributed by atoms with Crippen LogP contribution in [0.4, 0.5) is 10.5 Å². The Balaban J connectivity index is 2.06. The molecule has 1 aliphatic rings. The second kappa shape index (κ2) is 7.17. The van der Waals surface area contributed by atoms with E-state index in [0.29, 0.717) is 22.9 Å². The van der Waals surface area contributed by atoms with E-state index < -0.39 is 6.09 Å². The van der Waals surface area contributed by atoms with Gasteiger partial charge in [-0.15, -0.1) is 0 Å². The highest BCUT2D eigenvalue weighted by molar-refractivity contribution is 5.96. The maximum Gasteiger partial charge on any atom is 0.419 e. The lowest BCUT2D eigenvalue weighted by Crippen LogP contribution is -2.22. The maximum absolute atomic E-state index is 12.3. The van der Waals surface area contributed by atoms with Gasteiger partial charge >= 0.3 is 6.09 Å². The van der Waals surface area contributed by atoms with E-state index in [4.69, 9.17) is 18.9 Å². The Morgan fingerprint density at radius 2 is 1.64 bits per heavy atom. The van der Waals surface area contributed by atoms with Crippen LogP contribution in [0.15, 0.2) is 48.2 Å². The Kier molecular flexibility index (Phi) is 4.79. The van der Waals surface area contributed by atoms with Crippen LogP contribution in [0, 0.1) is 0 Å². The van der Waals surface area contributed by atoms with Gasteiger partial charge < -0.3 is 18.9 Å². The normalized spacial score (nSPS) is 15.2. The number of ether oxygens (including phenoxy) is 4. The monoisotopic (exact) mass is 341 g/mol. The van der Waals surface area contributed by atoms with Crippen molar-refractivity contribution in [2.45, 2.75) is 0 Å². The first kappa shape index (κ1) is 16.7. The van der Waals surface area contributed by atoms with Crippen molar-refractivity contribution in [3.05, 3.63) is 53.7 Å². The molecule has 1 saturated heterocycles. The standard InChI is InChI=1S/C19H19NO5/c1-22-16-10-14(11-17(23-2)18(16)24-3)20-15(12-25-19(20)21)9-13-7-5-4-6-8-13/h4-11H,12H2,1-3H3/b15-9-. The molecule has 0 N–H and O–H groups in total. The summed E-state index contributed by atoms with van der Waals surface area (Å²) in [6.45, 7) is 0.199. The molecule has 0 radical (unpaired) electrons. The van der Waals surface area contributed by atoms with Crippen molar-refractivity contribution >= 4 is 17.9 Å². The van der Waals surface area contributed by atoms with Crippen molar-refractivity contribution in [2.24, 2.45) is 0 Å². The zero-order valence-electron chi connectivity index (χ0n) is 14.3. The first-order chi connectivity index (χ1) is 12.2. The molecule has 0 aliphatic carbocycles. The Bertz CT molecular complexity index is 776. The number of nitrogens with zero attached hydrogens (tertiary/aromatic N) is 1. The Morgan fingerprint density at radius 3 is 2.20 bits per heavy atom. The van der Waals surface area contributed by atoms with E-state index in [2.05, 4.69) is 0 Å². The molecule has 2 aromatic carbocycles. The minimum absolute atomic E-state index is 0.199. The molecular formula is C19H19NO5. The Hall–Kier alpha value is -3.15. The zero-order valence-corrected chi connectivity index (χ0v) is 14.3. The van der Waals surface area contributed by atoms with Crippen LogP contribution < -0.4 is 19.1 Å². The van der Waals surface area contributed by atoms with E-state index >= 15 is 0 Å². The fraction of sp³-hybridized carbons (Fsp3) is 0.211. The second-order valence-corrected chi connectivity index (χ2v) is 5.32. The topological polar surface area (TPSA) is 57.2 Å². The third-order valence-electron chi connectivity index (χ3n) is 3.85. The summed E-state index contributed by atoms with van der Waals surface area (Å²) in [5, 5.41) is 0. The van der Waals surface area contributed by atoms with Gasteiger partial charge in [-0.25, -0.2) is 9.69 Å². The zero-order chi connectivity index (χ0) is 17.8. The predicted octanol–water partition coefficient (Wildman–Crippen LogP) is 3.71. The van der Waals surface area contributed by atoms with Crippen molar-refractivity contribution in [1.82, 2.24) is 0 Å². The summed E-state index contributed by atoms with van der Waals surface area (Å²) in [5.41, 5.74) is 2.29. The second-order valence-electron chi connectivity index (χ2n) is 5.32. The average Bonchev–Trinajstić information content (AvgIpc) is 3.01. The van der Waals surface area contributed by atoms with Gasteiger partial charge in [0, 0.05) is 12.1 Å². The minimum atomic E-state index is -0.448. The van der Waals surface area contributed by atoms with Crippen molar-refractivity contribution in [1.29, 1.82) is 0 Å². The van der Waals surface area contributed by atoms with Gasteiger partial charge in [-0.1, -0.05) is 30.3 Å². The van der Waals surface area contributed by atoms with Gasteiger partial charge in [-0.2, -0.15) is 0 Å². The summed E-state index contributed by atoms with van der Waals surface area (Å²) in [7, 11) is 4.60. The molecule has 130 valence electrons. The molecule has 3 rings (SSSR count). The van der Waals surface area contributed by atoms with E-state index in [9.17, 15) is 4.79 Å². The number of hydrogen-bond acceptors (Lipinski definition) is 5. The number of anilines is 1. The maximum atomic E-state index is 12.3. The van der Waals surface area contributed by atoms with Crippen LogP contribution in [0.5, 0.6) is 17.2 Å². The highest BCUT2D eigenvalue weighted by atomic mass is 16.6. The first-order valence-electron chi connectivity index (χ1n) is 7.70. The smallest absolute Gasteiger partial charge is 0.419 e. The highest BCUT2D eigenvalue weighted by Gasteiger charge is 2.31. The summed E-state index contributed by atoms with van der Waals surface area (Å²) in [6, 6.07) is 13.2. The lowest BCUT2D eigenvalue weighted by molar-refractivity contribution is 0.182. The molecule has 0 atom stereocenters. The average molecular weight is 341 g/mol. The fourth-order valence-electron chi connectivity index (χ4n) is 2.70. The predicted molar refractivity (Wildman–Crippen MR) is 94.3 cm³/mol. The Labute approximate surface area is 146 Å². The van der Waals surface area contributed by atoms with Gasteiger partial charge in [0.1, 0.15) is 6.61 Å². The van der Waals surface area contributed by atoms with E-state index in [-0.39, 0.29) is 6.61 Å². The van der Waals surface area contributed by atoms with Crippen molar-refractivity contribution < 1.29 is 23.7 Å². The van der Waals surface area contributed by atoms with Crippen LogP contribution in [-0.4, -0.2) is 34.0 Å². The number of amides is 1. The molecule has 0 unspecified atom stereocenters. The van der Waals surface area contributed by atoms with Gasteiger partial charge in [0.15, 0.2) is 11.5 Å². The molecule has 1 heterocycles. The number of benzene rings is 2. The molecule has 0 saturated carbocycles. The fourth-order valence-corrected chi connectivity index (χ4v) is 2.70. The molecular weight excluding hydrogens is 322 g/mol. The van der Waals surface area contributed by atoms with Crippen LogP contribution in [-0.2, 0) is 4.74 Å². The third-order valence-corrected chi connectivity index (χ3v) is 3.85. The lowest BCUT2D eigenvalue weighted by atomic mass is 10.1. The molecule has 1 fully saturated rings. The molecule has 2 aromatic rings. The van der Waals surface area contributed by atoms with E-state index in [1.54, 1.807) is 12.1 Å². The molecule has 1 aliphatic heterocycles. The van der Waals surface area contributed by atoms with Crippen LogP contribution in [0.1, 0.15) is 5.56 Å². The summed E-state index contributed by atoms with van der Waals surface area (Å²) in [5.74, 6) is 1.40. The van der Waals surface area contributed by atoms with E-state index in [1.165, 1.54) is 26.2 Å². The molecule has 1 amide bonds. The molecule has 6 heteroatoms. The summed E-state index contributed by atoms with van der Waals surface area (Å²) in [4.78, 5) is 13.8. The largest absolute Gasteiger partial charge is 0.493 e. The van der Waals surface area contributed by atoms with Crippen LogP contribution in [0.2, 0.25) is 0 Å². The lowest BCUT2D eigenvalue weighted by Gasteiger charge is -2.19. The minimum Gasteiger partial charge on any atom is -0.493 e. The summed E-state index contributed by atoms with van der Waals surface area (Å²) >= 11 is 0. The third kappa shape index (κ3) is 3.24. The molecule has 0 spiro atoms. The van der Waals surface area contributed by atoms with Crippen LogP contribution in [0.25, 0.3) is 6.08 Å². The van der Waals surface area contributed by atoms with Gasteiger partial charge in [-0.05, 0) is 11.6 Å². The van der Waals surface area contributed by atoms with Crippen molar-refractivity contribution in [2.75, 3.05) is 32.8 Å². The van der Waals surface area contributed by atoms with Gasteiger partial charge in [0.25, 0.3) is 0 Å². The number of hydrogen-bond donors (Lipinski definition) is 0. The van der Waals surface area contributed by atoms with Gasteiger partial charge in [-0.3, -0.25) is 0 Å². The SMILES string of the molecule is COc1cc(N2C(=O)OC/C2=C/c2ccccc2)cc(OC)c1OC. The van der Waals surface area contributed by atoms with Crippen LogP contribution >= 0.6 is 0 Å². The molecule has 0 aromatic heterocycles. The summed E-state index contributed by atoms with van der Waals surface area (Å²) < 4.78 is 21.3. The highest BCUT2D eigenvalue weighted by Crippen LogP contribution is 2.42. The van der Waals surface area contributed by atoms with E-state index in [1.807, 2.05) is 36.4 Å². The summed E-state index contributed by atoms with van der Waals surface area (Å²) in [6.07, 6.45) is 1.46. The first-order valence-corrected chi connectivity index (χ1v) is 7.70. The van der Waals surface area contributed by atoms with Crippen LogP contribution in [0.3, 0.4) is 0 Å². The number of carbonyl (C=O) groups excluding carboxylic acids is 1. The Morgan fingerprint density at radius 1 is 1.00 bits per heavy atom. The molecule has 6 nitrogen and oxygen atoms in total. The van der Waals surface area contributed by atoms with Gasteiger partial charge in [0.05, 0.1) is 32.7 Å². The quantitative estimate of drug-likeness (QED) is 0.830. The number of cyclic esters (lactones) is 1.